The first-order chi connectivity index (χ1) is 17.1. The Bertz CT molecular complexity index is 1190. The number of nitrogens with zero attached hydrogens (tertiary/aromatic N) is 2. The minimum absolute atomic E-state index is 0.152. The molecule has 1 fully saturated rings. The van der Waals surface area contributed by atoms with Crippen LogP contribution in [0.15, 0.2) is 42.5 Å². The molecule has 1 atom stereocenters. The second-order valence-electron chi connectivity index (χ2n) is 10.2. The van der Waals surface area contributed by atoms with E-state index in [0.717, 1.165) is 36.5 Å². The van der Waals surface area contributed by atoms with E-state index in [4.69, 9.17) is 9.47 Å². The molecule has 6 heteroatoms. The van der Waals surface area contributed by atoms with Crippen LogP contribution in [-0.2, 0) is 11.3 Å². The van der Waals surface area contributed by atoms with Gasteiger partial charge in [-0.05, 0) is 62.7 Å². The van der Waals surface area contributed by atoms with Gasteiger partial charge in [0.1, 0.15) is 12.4 Å². The smallest absolute Gasteiger partial charge is 0.337 e. The van der Waals surface area contributed by atoms with Crippen LogP contribution in [0, 0.1) is 0 Å². The molecule has 1 aromatic heterocycles. The highest BCUT2D eigenvalue weighted by atomic mass is 16.5. The molecule has 186 valence electrons. The van der Waals surface area contributed by atoms with E-state index in [-0.39, 0.29) is 12.0 Å². The summed E-state index contributed by atoms with van der Waals surface area (Å²) in [5.74, 6) is 1.15. The predicted molar refractivity (Wildman–Crippen MR) is 140 cm³/mol. The first-order valence-electron chi connectivity index (χ1n) is 12.9. The van der Waals surface area contributed by atoms with Crippen molar-refractivity contribution < 1.29 is 14.3 Å². The normalized spacial score (nSPS) is 18.5. The molecule has 1 unspecified atom stereocenters. The fraction of sp³-hybridized carbons (Fsp3) is 0.483. The number of rotatable bonds is 6. The summed E-state index contributed by atoms with van der Waals surface area (Å²) in [6.07, 6.45) is 6.26. The van der Waals surface area contributed by atoms with Crippen LogP contribution in [0.2, 0.25) is 0 Å². The first kappa shape index (κ1) is 23.9. The second kappa shape index (κ2) is 10.4. The third kappa shape index (κ3) is 4.82. The van der Waals surface area contributed by atoms with E-state index in [1.165, 1.54) is 55.9 Å². The standard InChI is InChI=1S/C29H37N3O3/c1-31(2)16-15-30-22-18-32-25-17-21(29(33)34-3)13-14-23(25)27(20-9-5-4-6-10-20)28(32)24-11-7-8-12-26(24)35-19-22/h7-8,11-14,17,20,22,30H,4-6,9-10,15-16,18-19H2,1-3H3. The molecule has 2 heterocycles. The summed E-state index contributed by atoms with van der Waals surface area (Å²) < 4.78 is 13.9. The monoisotopic (exact) mass is 475 g/mol. The van der Waals surface area contributed by atoms with Gasteiger partial charge >= 0.3 is 5.97 Å². The lowest BCUT2D eigenvalue weighted by atomic mass is 9.81. The average molecular weight is 476 g/mol. The molecule has 0 radical (unpaired) electrons. The zero-order valence-electron chi connectivity index (χ0n) is 21.2. The van der Waals surface area contributed by atoms with Crippen molar-refractivity contribution in [3.8, 4) is 17.0 Å². The Morgan fingerprint density at radius 3 is 2.71 bits per heavy atom. The Hall–Kier alpha value is -2.83. The minimum Gasteiger partial charge on any atom is -0.491 e. The minimum atomic E-state index is -0.295. The lowest BCUT2D eigenvalue weighted by Gasteiger charge is -2.28. The SMILES string of the molecule is COC(=O)c1ccc2c(C3CCCCC3)c3n(c2c1)CC(NCCN(C)C)COc1ccccc1-3. The predicted octanol–water partition coefficient (Wildman–Crippen LogP) is 5.05. The van der Waals surface area contributed by atoms with E-state index in [1.807, 2.05) is 12.1 Å². The van der Waals surface area contributed by atoms with Crippen LogP contribution in [0.4, 0.5) is 0 Å². The van der Waals surface area contributed by atoms with Gasteiger partial charge in [0.15, 0.2) is 0 Å². The van der Waals surface area contributed by atoms with E-state index in [0.29, 0.717) is 18.1 Å². The molecule has 2 aliphatic rings. The second-order valence-corrected chi connectivity index (χ2v) is 10.2. The number of carbonyl (C=O) groups excluding carboxylic acids is 1. The van der Waals surface area contributed by atoms with Crippen molar-refractivity contribution in [3.05, 3.63) is 53.6 Å². The van der Waals surface area contributed by atoms with Crippen molar-refractivity contribution in [2.75, 3.05) is 40.9 Å². The van der Waals surface area contributed by atoms with Crippen LogP contribution in [0.25, 0.3) is 22.2 Å². The Kier molecular flexibility index (Phi) is 7.12. The highest BCUT2D eigenvalue weighted by molar-refractivity contribution is 5.99. The quantitative estimate of drug-likeness (QED) is 0.506. The molecule has 3 aromatic rings. The van der Waals surface area contributed by atoms with Crippen molar-refractivity contribution in [1.82, 2.24) is 14.8 Å². The molecule has 1 N–H and O–H groups in total. The van der Waals surface area contributed by atoms with Gasteiger partial charge in [0.2, 0.25) is 0 Å². The van der Waals surface area contributed by atoms with Gasteiger partial charge in [-0.25, -0.2) is 4.79 Å². The molecule has 1 aliphatic heterocycles. The summed E-state index contributed by atoms with van der Waals surface area (Å²) in [4.78, 5) is 14.6. The molecule has 35 heavy (non-hydrogen) atoms. The van der Waals surface area contributed by atoms with Gasteiger partial charge in [-0.2, -0.15) is 0 Å². The lowest BCUT2D eigenvalue weighted by molar-refractivity contribution is 0.0601. The van der Waals surface area contributed by atoms with Crippen molar-refractivity contribution in [1.29, 1.82) is 0 Å². The molecule has 0 bridgehead atoms. The molecule has 2 aromatic carbocycles. The molecule has 1 saturated carbocycles. The maximum absolute atomic E-state index is 12.5. The van der Waals surface area contributed by atoms with Crippen LogP contribution >= 0.6 is 0 Å². The van der Waals surface area contributed by atoms with Gasteiger partial charge in [0.25, 0.3) is 0 Å². The fourth-order valence-electron chi connectivity index (χ4n) is 5.77. The number of hydrogen-bond donors (Lipinski definition) is 1. The van der Waals surface area contributed by atoms with Gasteiger partial charge < -0.3 is 24.3 Å². The summed E-state index contributed by atoms with van der Waals surface area (Å²) in [7, 11) is 5.63. The molecular formula is C29H37N3O3. The number of ether oxygens (including phenoxy) is 2. The topological polar surface area (TPSA) is 55.7 Å². The maximum atomic E-state index is 12.5. The highest BCUT2D eigenvalue weighted by Crippen LogP contribution is 2.46. The van der Waals surface area contributed by atoms with Crippen molar-refractivity contribution in [2.24, 2.45) is 0 Å². The number of likely N-dealkylation sites (N-methyl/N-ethyl adjacent to an activating group) is 1. The number of fused-ring (bicyclic) bond motifs is 5. The zero-order chi connectivity index (χ0) is 24.4. The number of aromatic nitrogens is 1. The largest absolute Gasteiger partial charge is 0.491 e. The zero-order valence-corrected chi connectivity index (χ0v) is 21.2. The van der Waals surface area contributed by atoms with Crippen molar-refractivity contribution in [3.63, 3.8) is 0 Å². The van der Waals surface area contributed by atoms with Crippen LogP contribution in [0.5, 0.6) is 5.75 Å². The van der Waals surface area contributed by atoms with Crippen LogP contribution in [0.1, 0.15) is 53.9 Å². The molecule has 6 nitrogen and oxygen atoms in total. The number of hydrogen-bond acceptors (Lipinski definition) is 5. The van der Waals surface area contributed by atoms with Crippen LogP contribution < -0.4 is 10.1 Å². The van der Waals surface area contributed by atoms with E-state index in [2.05, 4.69) is 59.2 Å². The molecular weight excluding hydrogens is 438 g/mol. The van der Waals surface area contributed by atoms with Gasteiger partial charge in [-0.1, -0.05) is 37.5 Å². The number of benzene rings is 2. The van der Waals surface area contributed by atoms with E-state index in [1.54, 1.807) is 0 Å². The van der Waals surface area contributed by atoms with E-state index >= 15 is 0 Å². The van der Waals surface area contributed by atoms with Crippen molar-refractivity contribution in [2.45, 2.75) is 50.6 Å². The highest BCUT2D eigenvalue weighted by Gasteiger charge is 2.30. The summed E-state index contributed by atoms with van der Waals surface area (Å²) >= 11 is 0. The van der Waals surface area contributed by atoms with Crippen LogP contribution in [0.3, 0.4) is 0 Å². The third-order valence-corrected chi connectivity index (χ3v) is 7.52. The lowest BCUT2D eigenvalue weighted by Crippen LogP contribution is -2.42. The summed E-state index contributed by atoms with van der Waals surface area (Å²) in [5, 5.41) is 4.97. The van der Waals surface area contributed by atoms with Gasteiger partial charge in [0.05, 0.1) is 24.4 Å². The van der Waals surface area contributed by atoms with E-state index < -0.39 is 0 Å². The first-order valence-corrected chi connectivity index (χ1v) is 12.9. The Balaban J connectivity index is 1.70. The fourth-order valence-corrected chi connectivity index (χ4v) is 5.77. The molecule has 0 amide bonds. The number of nitrogens with one attached hydrogen (secondary N) is 1. The average Bonchev–Trinajstić information content (AvgIpc) is 3.18. The van der Waals surface area contributed by atoms with Crippen LogP contribution in [-0.4, -0.2) is 62.4 Å². The Morgan fingerprint density at radius 2 is 1.94 bits per heavy atom. The third-order valence-electron chi connectivity index (χ3n) is 7.52. The molecule has 0 saturated heterocycles. The van der Waals surface area contributed by atoms with Crippen molar-refractivity contribution >= 4 is 16.9 Å². The summed E-state index contributed by atoms with van der Waals surface area (Å²) in [6, 6.07) is 14.7. The summed E-state index contributed by atoms with van der Waals surface area (Å²) in [6.45, 7) is 3.23. The number of esters is 1. The maximum Gasteiger partial charge on any atom is 0.337 e. The Labute approximate surface area is 208 Å². The number of carbonyl (C=O) groups is 1. The molecule has 5 rings (SSSR count). The summed E-state index contributed by atoms with van der Waals surface area (Å²) in [5.41, 5.74) is 5.53. The van der Waals surface area contributed by atoms with Gasteiger partial charge in [-0.3, -0.25) is 0 Å². The Morgan fingerprint density at radius 1 is 1.14 bits per heavy atom. The number of methoxy groups -OCH3 is 1. The molecule has 1 aliphatic carbocycles. The molecule has 0 spiro atoms. The van der Waals surface area contributed by atoms with E-state index in [9.17, 15) is 4.79 Å². The van der Waals surface area contributed by atoms with Gasteiger partial charge in [0, 0.05) is 36.1 Å². The number of para-hydroxylation sites is 1. The van der Waals surface area contributed by atoms with Gasteiger partial charge in [-0.15, -0.1) is 0 Å².